The van der Waals surface area contributed by atoms with Gasteiger partial charge in [0.2, 0.25) is 5.91 Å². The highest BCUT2D eigenvalue weighted by molar-refractivity contribution is 6.04. The largest absolute Gasteiger partial charge is 0.376 e. The molecule has 2 N–H and O–H groups in total. The van der Waals surface area contributed by atoms with Gasteiger partial charge in [-0.25, -0.2) is 0 Å². The maximum Gasteiger partial charge on any atom is 0.253 e. The van der Waals surface area contributed by atoms with Gasteiger partial charge in [0.1, 0.15) is 0 Å². The Balaban J connectivity index is 2.00. The van der Waals surface area contributed by atoms with Crippen molar-refractivity contribution in [3.8, 4) is 0 Å². The van der Waals surface area contributed by atoms with Gasteiger partial charge in [-0.2, -0.15) is 0 Å². The summed E-state index contributed by atoms with van der Waals surface area (Å²) in [7, 11) is 0. The first-order valence-corrected chi connectivity index (χ1v) is 7.37. The molecule has 0 radical (unpaired) electrons. The highest BCUT2D eigenvalue weighted by Crippen LogP contribution is 2.16. The summed E-state index contributed by atoms with van der Waals surface area (Å²) in [5.74, 6) is -0.424. The number of anilines is 1. The number of rotatable bonds is 5. The van der Waals surface area contributed by atoms with Crippen LogP contribution in [0.3, 0.4) is 0 Å². The van der Waals surface area contributed by atoms with Crippen LogP contribution in [0, 0.1) is 5.92 Å². The highest BCUT2D eigenvalue weighted by Gasteiger charge is 2.18. The molecule has 1 aromatic carbocycles. The molecule has 1 fully saturated rings. The molecule has 2 rings (SSSR count). The number of hydrogen-bond acceptors (Lipinski definition) is 3. The molecule has 21 heavy (non-hydrogen) atoms. The fourth-order valence-electron chi connectivity index (χ4n) is 2.17. The van der Waals surface area contributed by atoms with Crippen molar-refractivity contribution < 1.29 is 14.3 Å². The van der Waals surface area contributed by atoms with Crippen LogP contribution in [0.4, 0.5) is 5.69 Å². The van der Waals surface area contributed by atoms with Crippen molar-refractivity contribution >= 4 is 17.5 Å². The fraction of sp³-hybridized carbons (Fsp3) is 0.500. The average Bonchev–Trinajstić information content (AvgIpc) is 2.98. The van der Waals surface area contributed by atoms with E-state index >= 15 is 0 Å². The van der Waals surface area contributed by atoms with Crippen molar-refractivity contribution in [1.29, 1.82) is 0 Å². The summed E-state index contributed by atoms with van der Waals surface area (Å²) in [5, 5.41) is 5.66. The number of hydrogen-bond donors (Lipinski definition) is 2. The van der Waals surface area contributed by atoms with Gasteiger partial charge in [-0.3, -0.25) is 9.59 Å². The van der Waals surface area contributed by atoms with E-state index in [1.807, 2.05) is 13.8 Å². The molecule has 0 unspecified atom stereocenters. The lowest BCUT2D eigenvalue weighted by Crippen LogP contribution is -2.32. The highest BCUT2D eigenvalue weighted by atomic mass is 16.5. The van der Waals surface area contributed by atoms with E-state index < -0.39 is 0 Å². The smallest absolute Gasteiger partial charge is 0.253 e. The quantitative estimate of drug-likeness (QED) is 0.873. The van der Waals surface area contributed by atoms with Crippen LogP contribution in [0.1, 0.15) is 37.0 Å². The van der Waals surface area contributed by atoms with E-state index in [4.69, 9.17) is 4.74 Å². The Kier molecular flexibility index (Phi) is 5.33. The topological polar surface area (TPSA) is 67.4 Å². The van der Waals surface area contributed by atoms with Crippen molar-refractivity contribution in [2.24, 2.45) is 5.92 Å². The first-order valence-electron chi connectivity index (χ1n) is 7.37. The summed E-state index contributed by atoms with van der Waals surface area (Å²) in [6, 6.07) is 7.03. The second kappa shape index (κ2) is 7.22. The minimum Gasteiger partial charge on any atom is -0.376 e. The van der Waals surface area contributed by atoms with Crippen LogP contribution >= 0.6 is 0 Å². The van der Waals surface area contributed by atoms with Crippen molar-refractivity contribution in [2.75, 3.05) is 18.5 Å². The van der Waals surface area contributed by atoms with Gasteiger partial charge in [0, 0.05) is 19.1 Å². The Morgan fingerprint density at radius 2 is 2.10 bits per heavy atom. The van der Waals surface area contributed by atoms with Gasteiger partial charge in [-0.15, -0.1) is 0 Å². The van der Waals surface area contributed by atoms with Crippen molar-refractivity contribution in [2.45, 2.75) is 32.8 Å². The zero-order chi connectivity index (χ0) is 15.2. The summed E-state index contributed by atoms with van der Waals surface area (Å²) in [6.45, 7) is 4.90. The maximum atomic E-state index is 12.3. The lowest BCUT2D eigenvalue weighted by atomic mass is 10.1. The number of carbonyl (C=O) groups is 2. The predicted octanol–water partition coefficient (Wildman–Crippen LogP) is 2.19. The van der Waals surface area contributed by atoms with Crippen LogP contribution in [-0.2, 0) is 9.53 Å². The van der Waals surface area contributed by atoms with Gasteiger partial charge >= 0.3 is 0 Å². The van der Waals surface area contributed by atoms with Crippen LogP contribution in [0.2, 0.25) is 0 Å². The van der Waals surface area contributed by atoms with Gasteiger partial charge in [0.05, 0.1) is 17.4 Å². The first kappa shape index (κ1) is 15.5. The lowest BCUT2D eigenvalue weighted by molar-refractivity contribution is -0.118. The summed E-state index contributed by atoms with van der Waals surface area (Å²) < 4.78 is 5.48. The number of carbonyl (C=O) groups excluding carboxylic acids is 2. The van der Waals surface area contributed by atoms with E-state index in [0.29, 0.717) is 17.8 Å². The molecule has 1 saturated heterocycles. The Morgan fingerprint density at radius 1 is 1.33 bits per heavy atom. The van der Waals surface area contributed by atoms with Crippen LogP contribution < -0.4 is 10.6 Å². The molecule has 1 heterocycles. The molecular weight excluding hydrogens is 268 g/mol. The third-order valence-corrected chi connectivity index (χ3v) is 3.47. The third-order valence-electron chi connectivity index (χ3n) is 3.47. The second-order valence-electron chi connectivity index (χ2n) is 5.53. The van der Waals surface area contributed by atoms with Crippen LogP contribution in [0.5, 0.6) is 0 Å². The van der Waals surface area contributed by atoms with Gasteiger partial charge < -0.3 is 15.4 Å². The number of ether oxygens (including phenoxy) is 1. The van der Waals surface area contributed by atoms with Crippen LogP contribution in [0.25, 0.3) is 0 Å². The molecule has 0 bridgehead atoms. The molecule has 0 aliphatic carbocycles. The van der Waals surface area contributed by atoms with E-state index in [9.17, 15) is 9.59 Å². The number of amides is 2. The summed E-state index contributed by atoms with van der Waals surface area (Å²) in [5.41, 5.74) is 1.02. The Morgan fingerprint density at radius 3 is 2.76 bits per heavy atom. The Hall–Kier alpha value is -1.88. The van der Waals surface area contributed by atoms with Crippen molar-refractivity contribution in [3.63, 3.8) is 0 Å². The zero-order valence-corrected chi connectivity index (χ0v) is 12.5. The van der Waals surface area contributed by atoms with Gasteiger partial charge in [-0.05, 0) is 25.0 Å². The van der Waals surface area contributed by atoms with Crippen LogP contribution in [-0.4, -0.2) is 31.1 Å². The summed E-state index contributed by atoms with van der Waals surface area (Å²) in [4.78, 5) is 24.0. The number of nitrogens with one attached hydrogen (secondary N) is 2. The molecule has 0 saturated carbocycles. The summed E-state index contributed by atoms with van der Waals surface area (Å²) in [6.07, 6.45) is 2.12. The standard InChI is InChI=1S/C16H22N2O3/c1-11(2)15(19)18-14-8-4-3-7-13(14)16(20)17-10-12-6-5-9-21-12/h3-4,7-8,11-12H,5-6,9-10H2,1-2H3,(H,17,20)(H,18,19)/t12-/m1/s1. The first-order chi connectivity index (χ1) is 10.1. The Bertz CT molecular complexity index is 508. The monoisotopic (exact) mass is 290 g/mol. The molecule has 5 heteroatoms. The van der Waals surface area contributed by atoms with E-state index in [-0.39, 0.29) is 23.8 Å². The number of benzene rings is 1. The summed E-state index contributed by atoms with van der Waals surface area (Å²) >= 11 is 0. The molecule has 1 atom stereocenters. The normalized spacial score (nSPS) is 17.8. The van der Waals surface area contributed by atoms with Gasteiger partial charge in [-0.1, -0.05) is 26.0 Å². The van der Waals surface area contributed by atoms with E-state index in [1.165, 1.54) is 0 Å². The van der Waals surface area contributed by atoms with E-state index in [1.54, 1.807) is 24.3 Å². The molecule has 0 aromatic heterocycles. The third kappa shape index (κ3) is 4.29. The predicted molar refractivity (Wildman–Crippen MR) is 81.2 cm³/mol. The molecule has 0 spiro atoms. The maximum absolute atomic E-state index is 12.3. The second-order valence-corrected chi connectivity index (χ2v) is 5.53. The minimum absolute atomic E-state index is 0.102. The molecular formula is C16H22N2O3. The fourth-order valence-corrected chi connectivity index (χ4v) is 2.17. The molecule has 1 aliphatic heterocycles. The van der Waals surface area contributed by atoms with E-state index in [2.05, 4.69) is 10.6 Å². The van der Waals surface area contributed by atoms with Crippen molar-refractivity contribution in [3.05, 3.63) is 29.8 Å². The molecule has 1 aromatic rings. The Labute approximate surface area is 125 Å². The SMILES string of the molecule is CC(C)C(=O)Nc1ccccc1C(=O)NC[C@H]1CCCO1. The van der Waals surface area contributed by atoms with Crippen molar-refractivity contribution in [1.82, 2.24) is 5.32 Å². The van der Waals surface area contributed by atoms with Gasteiger partial charge in [0.25, 0.3) is 5.91 Å². The molecule has 2 amide bonds. The van der Waals surface area contributed by atoms with Crippen LogP contribution in [0.15, 0.2) is 24.3 Å². The molecule has 1 aliphatic rings. The molecule has 114 valence electrons. The van der Waals surface area contributed by atoms with E-state index in [0.717, 1.165) is 19.4 Å². The number of para-hydroxylation sites is 1. The average molecular weight is 290 g/mol. The minimum atomic E-state index is -0.190. The molecule has 5 nitrogen and oxygen atoms in total. The lowest BCUT2D eigenvalue weighted by Gasteiger charge is -2.14. The zero-order valence-electron chi connectivity index (χ0n) is 12.5. The van der Waals surface area contributed by atoms with Gasteiger partial charge in [0.15, 0.2) is 0 Å².